The van der Waals surface area contributed by atoms with E-state index in [4.69, 9.17) is 0 Å². The zero-order chi connectivity index (χ0) is 18.9. The Labute approximate surface area is 161 Å². The van der Waals surface area contributed by atoms with Crippen molar-refractivity contribution in [3.8, 4) is 11.3 Å². The Bertz CT molecular complexity index is 746. The van der Waals surface area contributed by atoms with E-state index in [9.17, 15) is 13.2 Å². The summed E-state index contributed by atoms with van der Waals surface area (Å²) in [6, 6.07) is 9.64. The van der Waals surface area contributed by atoms with Crippen LogP contribution in [0, 0.1) is 5.92 Å². The Balaban J connectivity index is 1.40. The van der Waals surface area contributed by atoms with Crippen LogP contribution >= 0.6 is 11.3 Å². The number of aromatic nitrogens is 1. The maximum Gasteiger partial charge on any atom is 0.427 e. The Hall–Kier alpha value is -1.44. The van der Waals surface area contributed by atoms with Crippen LogP contribution in [-0.2, 0) is 12.7 Å². The van der Waals surface area contributed by atoms with Crippen LogP contribution in [0.4, 0.5) is 13.2 Å². The number of nitrogens with zero attached hydrogens (tertiary/aromatic N) is 1. The Morgan fingerprint density at radius 3 is 2.67 bits per heavy atom. The standard InChI is InChI=1S/C20H24F3N3S/c21-20(22,23)19-18(13-6-2-1-3-7-13)26-17(27-19)12-24-11-15-10-14-8-4-5-9-16(14)25-15/h1-3,6-7,14-16,24-25H,4-5,8-12H2/t14-,15-,16-/m0/s1. The molecule has 2 N–H and O–H groups in total. The molecular weight excluding hydrogens is 371 g/mol. The van der Waals surface area contributed by atoms with Crippen LogP contribution in [0.25, 0.3) is 11.3 Å². The van der Waals surface area contributed by atoms with E-state index in [0.29, 0.717) is 29.2 Å². The van der Waals surface area contributed by atoms with Gasteiger partial charge in [-0.1, -0.05) is 43.2 Å². The van der Waals surface area contributed by atoms with Crippen molar-refractivity contribution >= 4 is 11.3 Å². The second kappa shape index (κ2) is 7.89. The highest BCUT2D eigenvalue weighted by Crippen LogP contribution is 2.41. The molecule has 2 fully saturated rings. The zero-order valence-corrected chi connectivity index (χ0v) is 15.9. The third kappa shape index (κ3) is 4.36. The van der Waals surface area contributed by atoms with Gasteiger partial charge in [0.05, 0.1) is 5.69 Å². The first kappa shape index (κ1) is 18.9. The van der Waals surface area contributed by atoms with E-state index in [-0.39, 0.29) is 5.69 Å². The lowest BCUT2D eigenvalue weighted by Gasteiger charge is -2.24. The molecule has 3 nitrogen and oxygen atoms in total. The molecule has 2 heterocycles. The van der Waals surface area contributed by atoms with Gasteiger partial charge >= 0.3 is 6.18 Å². The van der Waals surface area contributed by atoms with E-state index in [1.807, 2.05) is 0 Å². The Morgan fingerprint density at radius 2 is 1.93 bits per heavy atom. The number of fused-ring (bicyclic) bond motifs is 1. The lowest BCUT2D eigenvalue weighted by atomic mass is 9.85. The van der Waals surface area contributed by atoms with Crippen LogP contribution < -0.4 is 10.6 Å². The molecule has 0 radical (unpaired) electrons. The van der Waals surface area contributed by atoms with Crippen molar-refractivity contribution < 1.29 is 13.2 Å². The molecule has 4 rings (SSSR count). The number of rotatable bonds is 5. The van der Waals surface area contributed by atoms with Gasteiger partial charge < -0.3 is 10.6 Å². The third-order valence-electron chi connectivity index (χ3n) is 5.59. The van der Waals surface area contributed by atoms with Crippen molar-refractivity contribution in [3.63, 3.8) is 0 Å². The summed E-state index contributed by atoms with van der Waals surface area (Å²) >= 11 is 0.745. The van der Waals surface area contributed by atoms with Crippen LogP contribution in [0.5, 0.6) is 0 Å². The van der Waals surface area contributed by atoms with Crippen molar-refractivity contribution in [1.82, 2.24) is 15.6 Å². The molecule has 0 bridgehead atoms. The van der Waals surface area contributed by atoms with Crippen molar-refractivity contribution in [2.45, 2.75) is 56.9 Å². The summed E-state index contributed by atoms with van der Waals surface area (Å²) in [6.07, 6.45) is 1.96. The maximum atomic E-state index is 13.4. The summed E-state index contributed by atoms with van der Waals surface area (Å²) in [6.45, 7) is 1.14. The summed E-state index contributed by atoms with van der Waals surface area (Å²) < 4.78 is 40.3. The maximum absolute atomic E-state index is 13.4. The van der Waals surface area contributed by atoms with E-state index < -0.39 is 11.1 Å². The lowest BCUT2D eigenvalue weighted by Crippen LogP contribution is -2.38. The minimum absolute atomic E-state index is 0.0370. The molecule has 1 saturated heterocycles. The van der Waals surface area contributed by atoms with Crippen molar-refractivity contribution in [1.29, 1.82) is 0 Å². The Morgan fingerprint density at radius 1 is 1.15 bits per heavy atom. The molecular formula is C20H24F3N3S. The van der Waals surface area contributed by atoms with Crippen LogP contribution in [-0.4, -0.2) is 23.6 Å². The second-order valence-corrected chi connectivity index (χ2v) is 8.61. The van der Waals surface area contributed by atoms with Gasteiger partial charge in [0, 0.05) is 30.7 Å². The highest BCUT2D eigenvalue weighted by atomic mass is 32.1. The molecule has 0 amide bonds. The smallest absolute Gasteiger partial charge is 0.310 e. The minimum Gasteiger partial charge on any atom is -0.310 e. The average molecular weight is 395 g/mol. The van der Waals surface area contributed by atoms with Gasteiger partial charge in [-0.05, 0) is 25.2 Å². The summed E-state index contributed by atoms with van der Waals surface area (Å²) in [5.41, 5.74) is 0.545. The van der Waals surface area contributed by atoms with Gasteiger partial charge in [0.15, 0.2) is 0 Å². The Kier molecular flexibility index (Phi) is 5.53. The highest BCUT2D eigenvalue weighted by Gasteiger charge is 2.38. The van der Waals surface area contributed by atoms with Gasteiger partial charge in [-0.25, -0.2) is 4.98 Å². The normalized spacial score (nSPS) is 25.5. The summed E-state index contributed by atoms with van der Waals surface area (Å²) in [5, 5.41) is 7.48. The fourth-order valence-electron chi connectivity index (χ4n) is 4.36. The number of nitrogens with one attached hydrogen (secondary N) is 2. The first-order valence-corrected chi connectivity index (χ1v) is 10.4. The lowest BCUT2D eigenvalue weighted by molar-refractivity contribution is -0.134. The van der Waals surface area contributed by atoms with E-state index in [0.717, 1.165) is 23.8 Å². The van der Waals surface area contributed by atoms with Crippen LogP contribution in [0.3, 0.4) is 0 Å². The van der Waals surface area contributed by atoms with E-state index >= 15 is 0 Å². The molecule has 0 unspecified atom stereocenters. The van der Waals surface area contributed by atoms with E-state index in [1.54, 1.807) is 30.3 Å². The summed E-state index contributed by atoms with van der Waals surface area (Å²) in [4.78, 5) is 3.68. The largest absolute Gasteiger partial charge is 0.427 e. The van der Waals surface area contributed by atoms with Crippen molar-refractivity contribution in [2.75, 3.05) is 6.54 Å². The molecule has 0 spiro atoms. The van der Waals surface area contributed by atoms with Gasteiger partial charge in [0.25, 0.3) is 0 Å². The third-order valence-corrected chi connectivity index (χ3v) is 6.69. The van der Waals surface area contributed by atoms with E-state index in [1.165, 1.54) is 32.1 Å². The van der Waals surface area contributed by atoms with Crippen molar-refractivity contribution in [3.05, 3.63) is 40.2 Å². The first-order chi connectivity index (χ1) is 13.0. The molecule has 1 aliphatic heterocycles. The number of alkyl halides is 3. The molecule has 1 saturated carbocycles. The zero-order valence-electron chi connectivity index (χ0n) is 15.1. The molecule has 7 heteroatoms. The predicted octanol–water partition coefficient (Wildman–Crippen LogP) is 4.84. The highest BCUT2D eigenvalue weighted by molar-refractivity contribution is 7.12. The van der Waals surface area contributed by atoms with Gasteiger partial charge in [0.1, 0.15) is 9.88 Å². The van der Waals surface area contributed by atoms with Gasteiger partial charge in [-0.2, -0.15) is 13.2 Å². The number of hydrogen-bond donors (Lipinski definition) is 2. The average Bonchev–Trinajstić information content (AvgIpc) is 3.26. The molecule has 1 aliphatic carbocycles. The van der Waals surface area contributed by atoms with Crippen LogP contribution in [0.2, 0.25) is 0 Å². The number of benzene rings is 1. The molecule has 1 aromatic carbocycles. The first-order valence-electron chi connectivity index (χ1n) is 9.60. The van der Waals surface area contributed by atoms with Crippen molar-refractivity contribution in [2.24, 2.45) is 5.92 Å². The quantitative estimate of drug-likeness (QED) is 0.761. The van der Waals surface area contributed by atoms with Crippen LogP contribution in [0.15, 0.2) is 30.3 Å². The number of thiazole rings is 1. The predicted molar refractivity (Wildman–Crippen MR) is 102 cm³/mol. The molecule has 146 valence electrons. The fourth-order valence-corrected chi connectivity index (χ4v) is 5.29. The minimum atomic E-state index is -4.39. The van der Waals surface area contributed by atoms with E-state index in [2.05, 4.69) is 15.6 Å². The molecule has 1 aromatic heterocycles. The van der Waals surface area contributed by atoms with Gasteiger partial charge in [-0.15, -0.1) is 11.3 Å². The molecule has 27 heavy (non-hydrogen) atoms. The fraction of sp³-hybridized carbons (Fsp3) is 0.550. The second-order valence-electron chi connectivity index (χ2n) is 7.53. The monoisotopic (exact) mass is 395 g/mol. The van der Waals surface area contributed by atoms with Crippen LogP contribution in [0.1, 0.15) is 42.0 Å². The SMILES string of the molecule is FC(F)(F)c1sc(CNC[C@@H]2C[C@@H]3CCCC[C@@H]3N2)nc1-c1ccccc1. The van der Waals surface area contributed by atoms with Gasteiger partial charge in [-0.3, -0.25) is 0 Å². The number of hydrogen-bond acceptors (Lipinski definition) is 4. The number of halogens is 3. The summed E-state index contributed by atoms with van der Waals surface area (Å²) in [5.74, 6) is 0.770. The topological polar surface area (TPSA) is 37.0 Å². The molecule has 3 atom stereocenters. The molecule has 2 aliphatic rings. The van der Waals surface area contributed by atoms with Gasteiger partial charge in [0.2, 0.25) is 0 Å². The summed E-state index contributed by atoms with van der Waals surface area (Å²) in [7, 11) is 0. The molecule has 2 aromatic rings.